The van der Waals surface area contributed by atoms with Crippen LogP contribution in [0.3, 0.4) is 0 Å². The van der Waals surface area contributed by atoms with Crippen LogP contribution in [-0.2, 0) is 0 Å². The summed E-state index contributed by atoms with van der Waals surface area (Å²) in [5, 5.41) is 5.29. The number of nitrogens with zero attached hydrogens (tertiary/aromatic N) is 4. The predicted molar refractivity (Wildman–Crippen MR) is 107 cm³/mol. The van der Waals surface area contributed by atoms with Crippen LogP contribution < -0.4 is 4.74 Å². The zero-order valence-corrected chi connectivity index (χ0v) is 16.0. The first-order chi connectivity index (χ1) is 13.0. The quantitative estimate of drug-likeness (QED) is 0.493. The number of ether oxygens (including phenoxy) is 1. The van der Waals surface area contributed by atoms with E-state index in [1.54, 1.807) is 6.20 Å². The van der Waals surface area contributed by atoms with Crippen LogP contribution in [0.1, 0.15) is 36.5 Å². The van der Waals surface area contributed by atoms with Gasteiger partial charge in [-0.25, -0.2) is 14.6 Å². The first-order valence-corrected chi connectivity index (χ1v) is 9.07. The summed E-state index contributed by atoms with van der Waals surface area (Å²) in [5.41, 5.74) is 5.43. The van der Waals surface area contributed by atoms with Gasteiger partial charge in [-0.2, -0.15) is 5.10 Å². The lowest BCUT2D eigenvalue weighted by atomic mass is 10.0. The van der Waals surface area contributed by atoms with Crippen molar-refractivity contribution in [3.63, 3.8) is 0 Å². The van der Waals surface area contributed by atoms with Gasteiger partial charge in [0, 0.05) is 0 Å². The second-order valence-corrected chi connectivity index (χ2v) is 7.07. The number of benzene rings is 2. The molecule has 2 aromatic carbocycles. The number of aryl methyl sites for hydroxylation is 2. The van der Waals surface area contributed by atoms with E-state index in [1.807, 2.05) is 22.9 Å². The van der Waals surface area contributed by atoms with E-state index in [9.17, 15) is 0 Å². The van der Waals surface area contributed by atoms with Gasteiger partial charge >= 0.3 is 0 Å². The average Bonchev–Trinajstić information content (AvgIpc) is 3.10. The fourth-order valence-corrected chi connectivity index (χ4v) is 2.98. The minimum absolute atomic E-state index is 0.487. The SMILES string of the molecule is Cc1ccc(-n2ncc3c(Oc4ccc(C(C)C)cc4)ncnc32)cc1C. The van der Waals surface area contributed by atoms with Crippen LogP contribution in [0.2, 0.25) is 0 Å². The molecule has 2 heterocycles. The van der Waals surface area contributed by atoms with Gasteiger partial charge in [-0.3, -0.25) is 0 Å². The van der Waals surface area contributed by atoms with Crippen LogP contribution in [0.25, 0.3) is 16.7 Å². The molecule has 0 aliphatic carbocycles. The molecular weight excluding hydrogens is 336 g/mol. The maximum atomic E-state index is 6.01. The Bertz CT molecular complexity index is 1100. The van der Waals surface area contributed by atoms with Crippen LogP contribution in [0.5, 0.6) is 11.6 Å². The summed E-state index contributed by atoms with van der Waals surface area (Å²) in [7, 11) is 0. The largest absolute Gasteiger partial charge is 0.438 e. The third-order valence-corrected chi connectivity index (χ3v) is 4.83. The standard InChI is InChI=1S/C22H22N4O/c1-14(2)17-6-9-19(10-7-17)27-22-20-12-25-26(21(20)23-13-24-22)18-8-5-15(3)16(4)11-18/h5-14H,1-4H3. The first-order valence-electron chi connectivity index (χ1n) is 9.07. The lowest BCUT2D eigenvalue weighted by Gasteiger charge is -2.09. The molecule has 0 aliphatic heterocycles. The van der Waals surface area contributed by atoms with Crippen molar-refractivity contribution in [2.45, 2.75) is 33.6 Å². The van der Waals surface area contributed by atoms with E-state index >= 15 is 0 Å². The molecule has 0 spiro atoms. The van der Waals surface area contributed by atoms with E-state index in [0.29, 0.717) is 11.8 Å². The third kappa shape index (κ3) is 3.28. The van der Waals surface area contributed by atoms with E-state index in [4.69, 9.17) is 4.74 Å². The Hall–Kier alpha value is -3.21. The van der Waals surface area contributed by atoms with Gasteiger partial charge < -0.3 is 4.74 Å². The Morgan fingerprint density at radius 2 is 1.70 bits per heavy atom. The highest BCUT2D eigenvalue weighted by Gasteiger charge is 2.13. The second kappa shape index (κ2) is 6.83. The summed E-state index contributed by atoms with van der Waals surface area (Å²) in [6.45, 7) is 8.53. The third-order valence-electron chi connectivity index (χ3n) is 4.83. The molecule has 136 valence electrons. The molecule has 0 bridgehead atoms. The second-order valence-electron chi connectivity index (χ2n) is 7.07. The van der Waals surface area contributed by atoms with Gasteiger partial charge in [-0.1, -0.05) is 32.0 Å². The lowest BCUT2D eigenvalue weighted by molar-refractivity contribution is 0.468. The summed E-state index contributed by atoms with van der Waals surface area (Å²) >= 11 is 0. The van der Waals surface area contributed by atoms with Gasteiger partial charge in [-0.15, -0.1) is 0 Å². The molecule has 0 atom stereocenters. The lowest BCUT2D eigenvalue weighted by Crippen LogP contribution is -1.99. The molecule has 5 heteroatoms. The van der Waals surface area contributed by atoms with Gasteiger partial charge in [0.2, 0.25) is 5.88 Å². The highest BCUT2D eigenvalue weighted by Crippen LogP contribution is 2.29. The zero-order valence-electron chi connectivity index (χ0n) is 16.0. The Labute approximate surface area is 158 Å². The zero-order chi connectivity index (χ0) is 19.0. The van der Waals surface area contributed by atoms with Crippen molar-refractivity contribution in [1.29, 1.82) is 0 Å². The molecule has 0 aliphatic rings. The van der Waals surface area contributed by atoms with Gasteiger partial charge in [0.15, 0.2) is 5.65 Å². The number of hydrogen-bond acceptors (Lipinski definition) is 4. The average molecular weight is 358 g/mol. The number of fused-ring (bicyclic) bond motifs is 1. The molecule has 0 saturated heterocycles. The number of rotatable bonds is 4. The van der Waals surface area contributed by atoms with Crippen molar-refractivity contribution >= 4 is 11.0 Å². The maximum absolute atomic E-state index is 6.01. The molecule has 0 fully saturated rings. The van der Waals surface area contributed by atoms with Crippen LogP contribution in [0.4, 0.5) is 0 Å². The van der Waals surface area contributed by atoms with Crippen molar-refractivity contribution in [2.75, 3.05) is 0 Å². The van der Waals surface area contributed by atoms with Gasteiger partial charge in [-0.05, 0) is 60.7 Å². The van der Waals surface area contributed by atoms with Crippen molar-refractivity contribution < 1.29 is 4.74 Å². The molecule has 0 N–H and O–H groups in total. The summed E-state index contributed by atoms with van der Waals surface area (Å²) in [6, 6.07) is 14.3. The fraction of sp³-hybridized carbons (Fsp3) is 0.227. The van der Waals surface area contributed by atoms with Crippen molar-refractivity contribution in [3.8, 4) is 17.3 Å². The molecule has 0 amide bonds. The van der Waals surface area contributed by atoms with Crippen molar-refractivity contribution in [1.82, 2.24) is 19.7 Å². The topological polar surface area (TPSA) is 52.8 Å². The van der Waals surface area contributed by atoms with E-state index in [2.05, 4.69) is 67.0 Å². The molecule has 5 nitrogen and oxygen atoms in total. The van der Waals surface area contributed by atoms with E-state index in [-0.39, 0.29) is 0 Å². The number of hydrogen-bond donors (Lipinski definition) is 0. The Kier molecular flexibility index (Phi) is 4.36. The fourth-order valence-electron chi connectivity index (χ4n) is 2.98. The van der Waals surface area contributed by atoms with Gasteiger partial charge in [0.25, 0.3) is 0 Å². The Morgan fingerprint density at radius 3 is 2.41 bits per heavy atom. The summed E-state index contributed by atoms with van der Waals surface area (Å²) in [4.78, 5) is 8.73. The maximum Gasteiger partial charge on any atom is 0.233 e. The van der Waals surface area contributed by atoms with Crippen LogP contribution in [0.15, 0.2) is 55.0 Å². The van der Waals surface area contributed by atoms with Crippen molar-refractivity contribution in [2.24, 2.45) is 0 Å². The number of aromatic nitrogens is 4. The predicted octanol–water partition coefficient (Wildman–Crippen LogP) is 5.35. The molecular formula is C22H22N4O. The molecule has 2 aromatic heterocycles. The molecule has 27 heavy (non-hydrogen) atoms. The van der Waals surface area contributed by atoms with Gasteiger partial charge in [0.1, 0.15) is 17.5 Å². The highest BCUT2D eigenvalue weighted by atomic mass is 16.5. The Balaban J connectivity index is 1.71. The summed E-state index contributed by atoms with van der Waals surface area (Å²) < 4.78 is 7.83. The van der Waals surface area contributed by atoms with Crippen LogP contribution >= 0.6 is 0 Å². The van der Waals surface area contributed by atoms with Gasteiger partial charge in [0.05, 0.1) is 11.9 Å². The van der Waals surface area contributed by atoms with Crippen molar-refractivity contribution in [3.05, 3.63) is 71.7 Å². The molecule has 0 unspecified atom stereocenters. The normalized spacial score (nSPS) is 11.3. The smallest absolute Gasteiger partial charge is 0.233 e. The molecule has 0 saturated carbocycles. The van der Waals surface area contributed by atoms with Crippen LogP contribution in [0, 0.1) is 13.8 Å². The minimum Gasteiger partial charge on any atom is -0.438 e. The van der Waals surface area contributed by atoms with Crippen LogP contribution in [-0.4, -0.2) is 19.7 Å². The molecule has 0 radical (unpaired) electrons. The summed E-state index contributed by atoms with van der Waals surface area (Å²) in [5.74, 6) is 1.74. The summed E-state index contributed by atoms with van der Waals surface area (Å²) in [6.07, 6.45) is 3.27. The van der Waals surface area contributed by atoms with E-state index < -0.39 is 0 Å². The minimum atomic E-state index is 0.487. The van der Waals surface area contributed by atoms with E-state index in [0.717, 1.165) is 22.5 Å². The van der Waals surface area contributed by atoms with E-state index in [1.165, 1.54) is 23.0 Å². The molecule has 4 rings (SSSR count). The highest BCUT2D eigenvalue weighted by molar-refractivity contribution is 5.81. The molecule has 4 aromatic rings. The first kappa shape index (κ1) is 17.2. The Morgan fingerprint density at radius 1 is 0.926 bits per heavy atom. The monoisotopic (exact) mass is 358 g/mol.